The van der Waals surface area contributed by atoms with Gasteiger partial charge in [0.1, 0.15) is 17.4 Å². The van der Waals surface area contributed by atoms with Crippen molar-refractivity contribution in [1.29, 1.82) is 0 Å². The van der Waals surface area contributed by atoms with Crippen molar-refractivity contribution < 1.29 is 37.5 Å². The number of likely N-dealkylation sites (tertiary alicyclic amines) is 1. The van der Waals surface area contributed by atoms with Crippen LogP contribution in [0, 0.1) is 5.92 Å². The van der Waals surface area contributed by atoms with Crippen molar-refractivity contribution in [3.05, 3.63) is 65.2 Å². The van der Waals surface area contributed by atoms with Crippen LogP contribution in [0.1, 0.15) is 94.2 Å². The molecule has 5 aliphatic rings. The molecule has 1 unspecified atom stereocenters. The second kappa shape index (κ2) is 16.1. The number of nitrogens with one attached hydrogen (secondary N) is 2. The second-order valence-electron chi connectivity index (χ2n) is 15.8. The number of anilines is 3. The molecule has 3 aromatic heterocycles. The normalized spacial score (nSPS) is 21.2. The predicted octanol–water partition coefficient (Wildman–Crippen LogP) is 3.30. The number of hydrogen-bond donors (Lipinski definition) is 2. The lowest BCUT2D eigenvalue weighted by Gasteiger charge is -2.36. The summed E-state index contributed by atoms with van der Waals surface area (Å²) in [6, 6.07) is 5.94. The number of carbonyl (C=O) groups excluding carboxylic acids is 5. The first kappa shape index (κ1) is 38.7. The standard InChI is InChI=1S/C40H45F2N11O6/c41-35(42)34-28(44-37(55)27-22-43-51-17-11-31(45-36(27)51)50-18-20-59-21-19-50)23-52(47-34)25-9-13-48(14-10-25)12-6-24-7-15-49(16-8-24)29-3-1-2-26-33(29)40(58)53(39(26)57)30-4-5-32(54)46-38(30)56/h1-3,11,17,22-25,30,35H,4-10,12-16,18-21H2,(H,44,55)(H,46,54,56). The van der Waals surface area contributed by atoms with Crippen molar-refractivity contribution in [2.75, 3.05) is 74.1 Å². The quantitative estimate of drug-likeness (QED) is 0.224. The molecule has 4 fully saturated rings. The van der Waals surface area contributed by atoms with Crippen LogP contribution in [-0.2, 0) is 14.3 Å². The Hall–Kier alpha value is -5.82. The van der Waals surface area contributed by atoms with E-state index in [9.17, 15) is 32.8 Å². The van der Waals surface area contributed by atoms with Crippen molar-refractivity contribution >= 4 is 52.4 Å². The summed E-state index contributed by atoms with van der Waals surface area (Å²) in [5, 5.41) is 13.4. The fourth-order valence-electron chi connectivity index (χ4n) is 9.02. The molecule has 0 radical (unpaired) electrons. The number of aromatic nitrogens is 5. The number of carbonyl (C=O) groups is 5. The highest BCUT2D eigenvalue weighted by molar-refractivity contribution is 6.25. The molecule has 59 heavy (non-hydrogen) atoms. The molecular formula is C40H45F2N11O6. The molecule has 17 nitrogen and oxygen atoms in total. The van der Waals surface area contributed by atoms with Gasteiger partial charge in [-0.3, -0.25) is 38.9 Å². The van der Waals surface area contributed by atoms with Crippen LogP contribution in [0.5, 0.6) is 0 Å². The number of rotatable bonds is 10. The van der Waals surface area contributed by atoms with Gasteiger partial charge in [0.25, 0.3) is 24.1 Å². The van der Waals surface area contributed by atoms with Crippen molar-refractivity contribution in [3.8, 4) is 0 Å². The van der Waals surface area contributed by atoms with Crippen LogP contribution in [0.2, 0.25) is 0 Å². The molecule has 9 rings (SSSR count). The largest absolute Gasteiger partial charge is 0.378 e. The highest BCUT2D eigenvalue weighted by Gasteiger charge is 2.46. The average Bonchev–Trinajstić information content (AvgIpc) is 3.95. The van der Waals surface area contributed by atoms with Crippen LogP contribution in [0.15, 0.2) is 42.9 Å². The Labute approximate surface area is 337 Å². The van der Waals surface area contributed by atoms with Crippen LogP contribution in [0.4, 0.5) is 26.0 Å². The molecule has 2 N–H and O–H groups in total. The van der Waals surface area contributed by atoms with Gasteiger partial charge in [-0.05, 0) is 69.2 Å². The second-order valence-corrected chi connectivity index (χ2v) is 15.8. The number of hydrogen-bond acceptors (Lipinski definition) is 12. The minimum atomic E-state index is -2.88. The van der Waals surface area contributed by atoms with E-state index in [1.54, 1.807) is 23.0 Å². The summed E-state index contributed by atoms with van der Waals surface area (Å²) in [5.41, 5.74) is 1.27. The fraction of sp³-hybridized carbons (Fsp3) is 0.500. The molecule has 8 heterocycles. The summed E-state index contributed by atoms with van der Waals surface area (Å²) in [5.74, 6) is -1.49. The van der Waals surface area contributed by atoms with Gasteiger partial charge < -0.3 is 24.8 Å². The van der Waals surface area contributed by atoms with E-state index in [0.29, 0.717) is 54.9 Å². The van der Waals surface area contributed by atoms with E-state index in [0.717, 1.165) is 69.7 Å². The van der Waals surface area contributed by atoms with Gasteiger partial charge in [0.15, 0.2) is 11.3 Å². The zero-order chi connectivity index (χ0) is 40.8. The molecule has 4 aromatic rings. The summed E-state index contributed by atoms with van der Waals surface area (Å²) >= 11 is 0. The third-order valence-corrected chi connectivity index (χ3v) is 12.3. The number of halogens is 2. The minimum Gasteiger partial charge on any atom is -0.378 e. The van der Waals surface area contributed by atoms with Crippen LogP contribution in [0.3, 0.4) is 0 Å². The van der Waals surface area contributed by atoms with Crippen LogP contribution >= 0.6 is 0 Å². The number of nitrogens with zero attached hydrogens (tertiary/aromatic N) is 9. The summed E-state index contributed by atoms with van der Waals surface area (Å²) in [6.45, 7) is 6.39. The monoisotopic (exact) mass is 813 g/mol. The van der Waals surface area contributed by atoms with Gasteiger partial charge in [-0.15, -0.1) is 0 Å². The van der Waals surface area contributed by atoms with Crippen LogP contribution in [0.25, 0.3) is 5.65 Å². The molecular weight excluding hydrogens is 769 g/mol. The van der Waals surface area contributed by atoms with Gasteiger partial charge in [-0.1, -0.05) is 6.07 Å². The molecule has 5 amide bonds. The summed E-state index contributed by atoms with van der Waals surface area (Å²) in [7, 11) is 0. The third-order valence-electron chi connectivity index (χ3n) is 12.3. The van der Waals surface area contributed by atoms with Crippen LogP contribution < -0.4 is 20.4 Å². The van der Waals surface area contributed by atoms with E-state index < -0.39 is 47.7 Å². The molecule has 0 aliphatic carbocycles. The molecule has 0 bridgehead atoms. The minimum absolute atomic E-state index is 0.0366. The molecule has 5 aliphatic heterocycles. The Bertz CT molecular complexity index is 2290. The van der Waals surface area contributed by atoms with E-state index in [4.69, 9.17) is 4.74 Å². The average molecular weight is 814 g/mol. The van der Waals surface area contributed by atoms with Gasteiger partial charge in [-0.25, -0.2) is 18.3 Å². The number of piperidine rings is 3. The first-order valence-electron chi connectivity index (χ1n) is 20.3. The maximum atomic E-state index is 14.2. The first-order chi connectivity index (χ1) is 28.6. The fourth-order valence-corrected chi connectivity index (χ4v) is 9.02. The highest BCUT2D eigenvalue weighted by atomic mass is 19.3. The van der Waals surface area contributed by atoms with Crippen molar-refractivity contribution in [2.45, 2.75) is 63.5 Å². The van der Waals surface area contributed by atoms with E-state index in [1.807, 2.05) is 12.1 Å². The Kier molecular flexibility index (Phi) is 10.5. The van der Waals surface area contributed by atoms with E-state index in [-0.39, 0.29) is 35.7 Å². The van der Waals surface area contributed by atoms with Crippen molar-refractivity contribution in [1.82, 2.24) is 39.5 Å². The topological polar surface area (TPSA) is 180 Å². The molecule has 310 valence electrons. The molecule has 0 spiro atoms. The lowest BCUT2D eigenvalue weighted by atomic mass is 9.92. The van der Waals surface area contributed by atoms with E-state index >= 15 is 0 Å². The Morgan fingerprint density at radius 2 is 1.71 bits per heavy atom. The van der Waals surface area contributed by atoms with Crippen LogP contribution in [-0.4, -0.2) is 129 Å². The Balaban J connectivity index is 0.773. The van der Waals surface area contributed by atoms with E-state index in [2.05, 4.69) is 40.5 Å². The molecule has 1 aromatic carbocycles. The Morgan fingerprint density at radius 1 is 0.932 bits per heavy atom. The SMILES string of the molecule is O=C1CCC(N2C(=O)c3cccc(N4CCC(CCN5CCC(n6cc(NC(=O)c7cnn8ccc(N9CCOCC9)nc78)c(C(F)F)n6)CC5)CC4)c3C2=O)C(=O)N1. The lowest BCUT2D eigenvalue weighted by molar-refractivity contribution is -0.136. The van der Waals surface area contributed by atoms with Gasteiger partial charge in [-0.2, -0.15) is 10.2 Å². The lowest BCUT2D eigenvalue weighted by Crippen LogP contribution is -2.54. The van der Waals surface area contributed by atoms with Gasteiger partial charge >= 0.3 is 0 Å². The predicted molar refractivity (Wildman–Crippen MR) is 209 cm³/mol. The molecule has 19 heteroatoms. The van der Waals surface area contributed by atoms with Gasteiger partial charge in [0.2, 0.25) is 11.8 Å². The van der Waals surface area contributed by atoms with E-state index in [1.165, 1.54) is 16.9 Å². The number of imide groups is 2. The Morgan fingerprint density at radius 3 is 2.46 bits per heavy atom. The third kappa shape index (κ3) is 7.52. The van der Waals surface area contributed by atoms with Gasteiger partial charge in [0.05, 0.1) is 48.0 Å². The van der Waals surface area contributed by atoms with Gasteiger partial charge in [0, 0.05) is 58.1 Å². The number of benzene rings is 1. The zero-order valence-electron chi connectivity index (χ0n) is 32.4. The summed E-state index contributed by atoms with van der Waals surface area (Å²) in [4.78, 5) is 76.9. The van der Waals surface area contributed by atoms with Crippen molar-refractivity contribution in [3.63, 3.8) is 0 Å². The first-order valence-corrected chi connectivity index (χ1v) is 20.3. The highest BCUT2D eigenvalue weighted by Crippen LogP contribution is 2.37. The molecule has 4 saturated heterocycles. The van der Waals surface area contributed by atoms with Crippen molar-refractivity contribution in [2.24, 2.45) is 5.92 Å². The number of alkyl halides is 2. The molecule has 1 atom stereocenters. The number of ether oxygens (including phenoxy) is 1. The summed E-state index contributed by atoms with van der Waals surface area (Å²) < 4.78 is 37.0. The number of amides is 5. The maximum absolute atomic E-state index is 14.2. The number of fused-ring (bicyclic) bond motifs is 2. The molecule has 0 saturated carbocycles. The smallest absolute Gasteiger partial charge is 0.284 e. The number of morpholine rings is 1. The zero-order valence-corrected chi connectivity index (χ0v) is 32.4. The summed E-state index contributed by atoms with van der Waals surface area (Å²) in [6.07, 6.45) is 6.16. The maximum Gasteiger partial charge on any atom is 0.284 e.